The minimum atomic E-state index is -0.312. The summed E-state index contributed by atoms with van der Waals surface area (Å²) < 4.78 is 18.5. The average Bonchev–Trinajstić information content (AvgIpc) is 3.24. The molecule has 2 aromatic heterocycles. The van der Waals surface area contributed by atoms with Crippen molar-refractivity contribution in [2.45, 2.75) is 18.5 Å². The number of fused-ring (bicyclic) bond motifs is 1. The third-order valence-corrected chi connectivity index (χ3v) is 5.29. The van der Waals surface area contributed by atoms with E-state index >= 15 is 0 Å². The van der Waals surface area contributed by atoms with Gasteiger partial charge in [-0.05, 0) is 61.0 Å². The molecule has 146 valence electrons. The van der Waals surface area contributed by atoms with Gasteiger partial charge in [-0.1, -0.05) is 17.8 Å². The maximum atomic E-state index is 13.3. The van der Waals surface area contributed by atoms with Gasteiger partial charge in [0.05, 0.1) is 24.1 Å². The monoisotopic (exact) mass is 407 g/mol. The van der Waals surface area contributed by atoms with E-state index in [0.717, 1.165) is 22.0 Å². The molecule has 4 rings (SSSR count). The number of aromatic nitrogens is 2. The van der Waals surface area contributed by atoms with E-state index in [1.807, 2.05) is 31.2 Å². The van der Waals surface area contributed by atoms with Crippen molar-refractivity contribution in [3.8, 4) is 11.4 Å². The van der Waals surface area contributed by atoms with Crippen LogP contribution < -0.4 is 5.32 Å². The highest BCUT2D eigenvalue weighted by atomic mass is 32.2. The van der Waals surface area contributed by atoms with Gasteiger partial charge in [0.25, 0.3) is 0 Å². The normalized spacial score (nSPS) is 11.0. The van der Waals surface area contributed by atoms with Gasteiger partial charge in [0.15, 0.2) is 5.82 Å². The Bertz CT molecular complexity index is 1140. The Hall–Kier alpha value is -3.19. The smallest absolute Gasteiger partial charge is 0.230 e. The summed E-state index contributed by atoms with van der Waals surface area (Å²) in [6.07, 6.45) is 1.57. The number of amides is 1. The van der Waals surface area contributed by atoms with E-state index in [1.165, 1.54) is 23.9 Å². The lowest BCUT2D eigenvalue weighted by Crippen LogP contribution is -2.24. The number of thioether (sulfide) groups is 1. The average molecular weight is 407 g/mol. The molecule has 0 aliphatic heterocycles. The first kappa shape index (κ1) is 19.1. The highest BCUT2D eigenvalue weighted by Crippen LogP contribution is 2.29. The first-order valence-corrected chi connectivity index (χ1v) is 10.0. The molecule has 29 heavy (non-hydrogen) atoms. The zero-order valence-corrected chi connectivity index (χ0v) is 16.5. The van der Waals surface area contributed by atoms with Crippen molar-refractivity contribution >= 4 is 28.6 Å². The molecule has 0 bridgehead atoms. The number of rotatable bonds is 6. The molecule has 0 spiro atoms. The summed E-state index contributed by atoms with van der Waals surface area (Å²) in [6.45, 7) is 2.34. The van der Waals surface area contributed by atoms with Crippen LogP contribution in [0.3, 0.4) is 0 Å². The van der Waals surface area contributed by atoms with E-state index in [4.69, 9.17) is 4.42 Å². The fourth-order valence-electron chi connectivity index (χ4n) is 2.83. The van der Waals surface area contributed by atoms with Crippen molar-refractivity contribution in [3.05, 3.63) is 78.0 Å². The van der Waals surface area contributed by atoms with Gasteiger partial charge in [0, 0.05) is 10.9 Å². The van der Waals surface area contributed by atoms with Crippen LogP contribution in [0.1, 0.15) is 11.3 Å². The summed E-state index contributed by atoms with van der Waals surface area (Å²) in [5.41, 5.74) is 2.59. The molecule has 2 aromatic carbocycles. The Balaban J connectivity index is 1.58. The highest BCUT2D eigenvalue weighted by Gasteiger charge is 2.12. The van der Waals surface area contributed by atoms with E-state index in [2.05, 4.69) is 15.3 Å². The standard InChI is InChI=1S/C22H18FN3O2S/c1-14-4-9-18-19(11-14)25-21(15-5-7-16(23)8-6-15)26-22(18)29-13-20(27)24-12-17-3-2-10-28-17/h2-11H,12-13H2,1H3,(H,24,27). The third-order valence-electron chi connectivity index (χ3n) is 4.30. The van der Waals surface area contributed by atoms with Crippen molar-refractivity contribution in [1.82, 2.24) is 15.3 Å². The molecule has 4 aromatic rings. The predicted octanol–water partition coefficient (Wildman–Crippen LogP) is 4.75. The number of aryl methyl sites for hydroxylation is 1. The Morgan fingerprint density at radius 3 is 2.72 bits per heavy atom. The topological polar surface area (TPSA) is 68.0 Å². The molecule has 0 saturated heterocycles. The molecule has 0 aliphatic carbocycles. The molecule has 7 heteroatoms. The number of benzene rings is 2. The molecule has 0 atom stereocenters. The predicted molar refractivity (Wildman–Crippen MR) is 111 cm³/mol. The lowest BCUT2D eigenvalue weighted by Gasteiger charge is -2.09. The summed E-state index contributed by atoms with van der Waals surface area (Å²) in [5.74, 6) is 0.983. The zero-order chi connectivity index (χ0) is 20.2. The molecule has 0 aliphatic rings. The lowest BCUT2D eigenvalue weighted by molar-refractivity contribution is -0.118. The SMILES string of the molecule is Cc1ccc2c(SCC(=O)NCc3ccco3)nc(-c3ccc(F)cc3)nc2c1. The molecule has 0 fully saturated rings. The fourth-order valence-corrected chi connectivity index (χ4v) is 3.68. The number of nitrogens with one attached hydrogen (secondary N) is 1. The first-order chi connectivity index (χ1) is 14.1. The van der Waals surface area contributed by atoms with Gasteiger partial charge in [-0.3, -0.25) is 4.79 Å². The maximum Gasteiger partial charge on any atom is 0.230 e. The van der Waals surface area contributed by atoms with Crippen LogP contribution in [0.15, 0.2) is 70.3 Å². The molecule has 0 saturated carbocycles. The van der Waals surface area contributed by atoms with E-state index in [9.17, 15) is 9.18 Å². The van der Waals surface area contributed by atoms with Crippen LogP contribution in [0.25, 0.3) is 22.3 Å². The number of furan rings is 1. The number of hydrogen-bond acceptors (Lipinski definition) is 5. The van der Waals surface area contributed by atoms with Gasteiger partial charge in [-0.25, -0.2) is 14.4 Å². The number of hydrogen-bond donors (Lipinski definition) is 1. The minimum absolute atomic E-state index is 0.117. The molecule has 1 amide bonds. The van der Waals surface area contributed by atoms with Crippen LogP contribution in [0.2, 0.25) is 0 Å². The van der Waals surface area contributed by atoms with Gasteiger partial charge >= 0.3 is 0 Å². The van der Waals surface area contributed by atoms with Crippen molar-refractivity contribution in [3.63, 3.8) is 0 Å². The van der Waals surface area contributed by atoms with Gasteiger partial charge in [0.2, 0.25) is 5.91 Å². The molecule has 0 radical (unpaired) electrons. The Morgan fingerprint density at radius 2 is 1.97 bits per heavy atom. The van der Waals surface area contributed by atoms with Crippen LogP contribution in [0.4, 0.5) is 4.39 Å². The zero-order valence-electron chi connectivity index (χ0n) is 15.7. The molecular formula is C22H18FN3O2S. The molecule has 0 unspecified atom stereocenters. The number of carbonyl (C=O) groups excluding carboxylic acids is 1. The van der Waals surface area contributed by atoms with E-state index < -0.39 is 0 Å². The Labute approximate surface area is 171 Å². The summed E-state index contributed by atoms with van der Waals surface area (Å²) in [5, 5.41) is 4.42. The summed E-state index contributed by atoms with van der Waals surface area (Å²) >= 11 is 1.35. The van der Waals surface area contributed by atoms with E-state index in [0.29, 0.717) is 23.2 Å². The Morgan fingerprint density at radius 1 is 1.14 bits per heavy atom. The number of halogens is 1. The molecule has 5 nitrogen and oxygen atoms in total. The van der Waals surface area contributed by atoms with Crippen molar-refractivity contribution in [2.75, 3.05) is 5.75 Å². The molecule has 1 N–H and O–H groups in total. The quantitative estimate of drug-likeness (QED) is 0.369. The molecular weight excluding hydrogens is 389 g/mol. The van der Waals surface area contributed by atoms with E-state index in [-0.39, 0.29) is 17.5 Å². The summed E-state index contributed by atoms with van der Waals surface area (Å²) in [7, 11) is 0. The van der Waals surface area contributed by atoms with Gasteiger partial charge < -0.3 is 9.73 Å². The van der Waals surface area contributed by atoms with Crippen LogP contribution in [0, 0.1) is 12.7 Å². The summed E-state index contributed by atoms with van der Waals surface area (Å²) in [4.78, 5) is 21.5. The van der Waals surface area contributed by atoms with E-state index in [1.54, 1.807) is 24.5 Å². The second-order valence-corrected chi connectivity index (χ2v) is 7.49. The second-order valence-electron chi connectivity index (χ2n) is 6.52. The van der Waals surface area contributed by atoms with Gasteiger partial charge in [-0.2, -0.15) is 0 Å². The number of carbonyl (C=O) groups is 1. The maximum absolute atomic E-state index is 13.3. The largest absolute Gasteiger partial charge is 0.467 e. The van der Waals surface area contributed by atoms with Crippen molar-refractivity contribution < 1.29 is 13.6 Å². The van der Waals surface area contributed by atoms with Crippen molar-refractivity contribution in [1.29, 1.82) is 0 Å². The summed E-state index contributed by atoms with van der Waals surface area (Å²) in [6, 6.07) is 15.6. The third kappa shape index (κ3) is 4.63. The van der Waals surface area contributed by atoms with Gasteiger partial charge in [0.1, 0.15) is 16.6 Å². The molecule has 2 heterocycles. The van der Waals surface area contributed by atoms with Crippen LogP contribution in [0.5, 0.6) is 0 Å². The highest BCUT2D eigenvalue weighted by molar-refractivity contribution is 8.00. The Kier molecular flexibility index (Phi) is 5.57. The first-order valence-electron chi connectivity index (χ1n) is 9.05. The van der Waals surface area contributed by atoms with Crippen LogP contribution >= 0.6 is 11.8 Å². The van der Waals surface area contributed by atoms with Crippen LogP contribution in [-0.4, -0.2) is 21.6 Å². The lowest BCUT2D eigenvalue weighted by atomic mass is 10.1. The van der Waals surface area contributed by atoms with Gasteiger partial charge in [-0.15, -0.1) is 0 Å². The van der Waals surface area contributed by atoms with Crippen molar-refractivity contribution in [2.24, 2.45) is 0 Å². The number of nitrogens with zero attached hydrogens (tertiary/aromatic N) is 2. The van der Waals surface area contributed by atoms with Crippen LogP contribution in [-0.2, 0) is 11.3 Å². The second kappa shape index (κ2) is 8.45. The fraction of sp³-hybridized carbons (Fsp3) is 0.136. The minimum Gasteiger partial charge on any atom is -0.467 e.